The summed E-state index contributed by atoms with van der Waals surface area (Å²) in [5, 5.41) is 0. The van der Waals surface area contributed by atoms with E-state index in [1.807, 2.05) is 6.07 Å². The number of allylic oxidation sites excluding steroid dienone is 4. The fourth-order valence-corrected chi connectivity index (χ4v) is 3.99. The Bertz CT molecular complexity index is 845. The maximum Gasteiger partial charge on any atom is 0.0155 e. The van der Waals surface area contributed by atoms with Crippen LogP contribution in [0, 0.1) is 0 Å². The quantitative estimate of drug-likeness (QED) is 0.624. The molecule has 0 fully saturated rings. The lowest BCUT2D eigenvalue weighted by Crippen LogP contribution is -2.16. The first-order valence-corrected chi connectivity index (χ1v) is 8.39. The van der Waals surface area contributed by atoms with E-state index >= 15 is 0 Å². The van der Waals surface area contributed by atoms with E-state index in [2.05, 4.69) is 75.0 Å². The molecule has 0 aliphatic heterocycles. The van der Waals surface area contributed by atoms with Crippen molar-refractivity contribution < 1.29 is 0 Å². The molecule has 0 bridgehead atoms. The summed E-state index contributed by atoms with van der Waals surface area (Å²) in [6, 6.07) is 17.4. The van der Waals surface area contributed by atoms with Crippen molar-refractivity contribution in [3.05, 3.63) is 95.1 Å². The van der Waals surface area contributed by atoms with Gasteiger partial charge in [-0.25, -0.2) is 0 Å². The minimum atomic E-state index is 0.0918. The zero-order valence-electron chi connectivity index (χ0n) is 13.9. The number of rotatable bonds is 2. The molecule has 0 N–H and O–H groups in total. The standard InChI is InChI=1S/C23H22/c1-16(17-9-5-4-6-10-17)18-13-14-20-19-11-7-8-12-21(19)23(2,3)22(20)15-18/h4-6,8-10,12-15H,1,7,11H2,2-3H3. The molecule has 0 amide bonds. The van der Waals surface area contributed by atoms with E-state index < -0.39 is 0 Å². The molecule has 0 heterocycles. The van der Waals surface area contributed by atoms with E-state index in [0.29, 0.717) is 0 Å². The summed E-state index contributed by atoms with van der Waals surface area (Å²) < 4.78 is 0. The molecular formula is C23H22. The molecule has 0 spiro atoms. The zero-order chi connectivity index (χ0) is 16.0. The summed E-state index contributed by atoms with van der Waals surface area (Å²) in [5.41, 5.74) is 9.56. The second kappa shape index (κ2) is 5.09. The first-order chi connectivity index (χ1) is 11.1. The van der Waals surface area contributed by atoms with Gasteiger partial charge in [0, 0.05) is 5.41 Å². The second-order valence-corrected chi connectivity index (χ2v) is 7.06. The fraction of sp³-hybridized carbons (Fsp3) is 0.217. The summed E-state index contributed by atoms with van der Waals surface area (Å²) in [4.78, 5) is 0. The van der Waals surface area contributed by atoms with Crippen molar-refractivity contribution >= 4 is 11.1 Å². The molecule has 0 saturated heterocycles. The monoisotopic (exact) mass is 298 g/mol. The van der Waals surface area contributed by atoms with Crippen molar-refractivity contribution in [1.29, 1.82) is 0 Å². The molecule has 114 valence electrons. The second-order valence-electron chi connectivity index (χ2n) is 7.06. The lowest BCUT2D eigenvalue weighted by Gasteiger charge is -2.24. The number of benzene rings is 2. The number of hydrogen-bond acceptors (Lipinski definition) is 0. The highest BCUT2D eigenvalue weighted by molar-refractivity contribution is 5.86. The predicted octanol–water partition coefficient (Wildman–Crippen LogP) is 6.14. The first-order valence-electron chi connectivity index (χ1n) is 8.39. The van der Waals surface area contributed by atoms with Crippen LogP contribution in [0.3, 0.4) is 0 Å². The maximum atomic E-state index is 4.33. The third kappa shape index (κ3) is 2.13. The van der Waals surface area contributed by atoms with E-state index in [-0.39, 0.29) is 5.41 Å². The molecule has 0 saturated carbocycles. The number of fused-ring (bicyclic) bond motifs is 2. The van der Waals surface area contributed by atoms with Crippen LogP contribution < -0.4 is 0 Å². The van der Waals surface area contributed by atoms with Crippen LogP contribution in [-0.4, -0.2) is 0 Å². The van der Waals surface area contributed by atoms with Crippen molar-refractivity contribution in [2.75, 3.05) is 0 Å². The van der Waals surface area contributed by atoms with Gasteiger partial charge < -0.3 is 0 Å². The topological polar surface area (TPSA) is 0 Å². The Labute approximate surface area is 138 Å². The number of hydrogen-bond donors (Lipinski definition) is 0. The Morgan fingerprint density at radius 2 is 1.78 bits per heavy atom. The molecule has 0 unspecified atom stereocenters. The normalized spacial score (nSPS) is 17.8. The van der Waals surface area contributed by atoms with Crippen LogP contribution in [0.1, 0.15) is 48.9 Å². The van der Waals surface area contributed by atoms with Crippen LogP contribution in [0.25, 0.3) is 11.1 Å². The Balaban J connectivity index is 1.80. The van der Waals surface area contributed by atoms with Gasteiger partial charge in [0.25, 0.3) is 0 Å². The van der Waals surface area contributed by atoms with E-state index in [0.717, 1.165) is 12.0 Å². The van der Waals surface area contributed by atoms with E-state index in [1.165, 1.54) is 34.2 Å². The average molecular weight is 298 g/mol. The van der Waals surface area contributed by atoms with Crippen molar-refractivity contribution in [3.63, 3.8) is 0 Å². The molecule has 23 heavy (non-hydrogen) atoms. The lowest BCUT2D eigenvalue weighted by molar-refractivity contribution is 0.651. The van der Waals surface area contributed by atoms with Crippen LogP contribution in [0.15, 0.2) is 72.8 Å². The highest BCUT2D eigenvalue weighted by atomic mass is 14.4. The van der Waals surface area contributed by atoms with Gasteiger partial charge in [0.05, 0.1) is 0 Å². The predicted molar refractivity (Wildman–Crippen MR) is 99.3 cm³/mol. The van der Waals surface area contributed by atoms with Gasteiger partial charge in [0.1, 0.15) is 0 Å². The summed E-state index contributed by atoms with van der Waals surface area (Å²) in [6.07, 6.45) is 6.98. The van der Waals surface area contributed by atoms with Crippen molar-refractivity contribution in [3.8, 4) is 0 Å². The molecule has 0 aromatic heterocycles. The van der Waals surface area contributed by atoms with Crippen LogP contribution in [0.2, 0.25) is 0 Å². The van der Waals surface area contributed by atoms with E-state index in [9.17, 15) is 0 Å². The molecule has 0 atom stereocenters. The van der Waals surface area contributed by atoms with Crippen LogP contribution >= 0.6 is 0 Å². The van der Waals surface area contributed by atoms with Gasteiger partial charge in [-0.1, -0.05) is 75.0 Å². The zero-order valence-corrected chi connectivity index (χ0v) is 13.9. The Hall–Kier alpha value is -2.34. The van der Waals surface area contributed by atoms with Gasteiger partial charge in [0.15, 0.2) is 0 Å². The Morgan fingerprint density at radius 1 is 1.00 bits per heavy atom. The van der Waals surface area contributed by atoms with Gasteiger partial charge in [-0.05, 0) is 57.9 Å². The molecular weight excluding hydrogens is 276 g/mol. The average Bonchev–Trinajstić information content (AvgIpc) is 2.83. The largest absolute Gasteiger partial charge is 0.0906 e. The van der Waals surface area contributed by atoms with Gasteiger partial charge in [0.2, 0.25) is 0 Å². The highest BCUT2D eigenvalue weighted by Crippen LogP contribution is 2.50. The van der Waals surface area contributed by atoms with Crippen molar-refractivity contribution in [1.82, 2.24) is 0 Å². The molecule has 0 radical (unpaired) electrons. The third-order valence-electron chi connectivity index (χ3n) is 5.33. The maximum absolute atomic E-state index is 4.33. The Kier molecular flexibility index (Phi) is 3.16. The SMILES string of the molecule is C=C(c1ccccc1)c1ccc2c(c1)C(C)(C)C1=C2CCC=C1. The van der Waals surface area contributed by atoms with Crippen molar-refractivity contribution in [2.45, 2.75) is 32.1 Å². The van der Waals surface area contributed by atoms with Crippen LogP contribution in [0.4, 0.5) is 0 Å². The smallest absolute Gasteiger partial charge is 0.0155 e. The Morgan fingerprint density at radius 3 is 2.57 bits per heavy atom. The molecule has 0 heteroatoms. The van der Waals surface area contributed by atoms with Crippen LogP contribution in [0.5, 0.6) is 0 Å². The van der Waals surface area contributed by atoms with Gasteiger partial charge in [-0.3, -0.25) is 0 Å². The molecule has 2 aromatic rings. The molecule has 2 aliphatic carbocycles. The lowest BCUT2D eigenvalue weighted by atomic mass is 9.79. The summed E-state index contributed by atoms with van der Waals surface area (Å²) in [5.74, 6) is 0. The van der Waals surface area contributed by atoms with Gasteiger partial charge in [-0.15, -0.1) is 0 Å². The molecule has 4 rings (SSSR count). The highest BCUT2D eigenvalue weighted by Gasteiger charge is 2.37. The summed E-state index contributed by atoms with van der Waals surface area (Å²) in [7, 11) is 0. The van der Waals surface area contributed by atoms with Crippen LogP contribution in [-0.2, 0) is 5.41 Å². The van der Waals surface area contributed by atoms with E-state index in [1.54, 1.807) is 5.57 Å². The first kappa shape index (κ1) is 14.3. The fourth-order valence-electron chi connectivity index (χ4n) is 3.99. The summed E-state index contributed by atoms with van der Waals surface area (Å²) in [6.45, 7) is 9.02. The minimum Gasteiger partial charge on any atom is -0.0906 e. The summed E-state index contributed by atoms with van der Waals surface area (Å²) >= 11 is 0. The third-order valence-corrected chi connectivity index (χ3v) is 5.33. The minimum absolute atomic E-state index is 0.0918. The molecule has 2 aromatic carbocycles. The van der Waals surface area contributed by atoms with Crippen molar-refractivity contribution in [2.24, 2.45) is 0 Å². The molecule has 2 aliphatic rings. The van der Waals surface area contributed by atoms with Gasteiger partial charge >= 0.3 is 0 Å². The van der Waals surface area contributed by atoms with E-state index in [4.69, 9.17) is 0 Å². The molecule has 0 nitrogen and oxygen atoms in total. The van der Waals surface area contributed by atoms with Gasteiger partial charge in [-0.2, -0.15) is 0 Å².